The molecule has 1 amide bonds. The summed E-state index contributed by atoms with van der Waals surface area (Å²) in [6.45, 7) is 1.90. The summed E-state index contributed by atoms with van der Waals surface area (Å²) in [5.41, 5.74) is 1.11. The average molecular weight is 282 g/mol. The summed E-state index contributed by atoms with van der Waals surface area (Å²) in [6, 6.07) is 3.26. The van der Waals surface area contributed by atoms with Gasteiger partial charge in [0.15, 0.2) is 11.6 Å². The number of anilines is 1. The number of aromatic nitrogens is 1. The van der Waals surface area contributed by atoms with E-state index in [4.69, 9.17) is 0 Å². The summed E-state index contributed by atoms with van der Waals surface area (Å²) in [5, 5.41) is 5.37. The van der Waals surface area contributed by atoms with Crippen molar-refractivity contribution in [1.29, 1.82) is 0 Å². The Morgan fingerprint density at radius 3 is 2.79 bits per heavy atom. The van der Waals surface area contributed by atoms with Crippen LogP contribution in [0.3, 0.4) is 0 Å². The minimum Gasteiger partial charge on any atom is -0.326 e. The van der Waals surface area contributed by atoms with Crippen LogP contribution in [-0.2, 0) is 11.2 Å². The lowest BCUT2D eigenvalue weighted by Crippen LogP contribution is -2.12. The van der Waals surface area contributed by atoms with Crippen LogP contribution in [0.25, 0.3) is 0 Å². The van der Waals surface area contributed by atoms with Crippen molar-refractivity contribution in [3.8, 4) is 0 Å². The van der Waals surface area contributed by atoms with Crippen LogP contribution in [0.15, 0.2) is 23.6 Å². The van der Waals surface area contributed by atoms with Crippen LogP contribution in [0.1, 0.15) is 17.1 Å². The van der Waals surface area contributed by atoms with Crippen molar-refractivity contribution in [2.24, 2.45) is 0 Å². The molecular formula is C13H12F2N2OS. The van der Waals surface area contributed by atoms with Gasteiger partial charge in [-0.2, -0.15) is 0 Å². The number of halogens is 2. The highest BCUT2D eigenvalue weighted by atomic mass is 32.1. The number of carbonyl (C=O) groups excluding carboxylic acids is 1. The molecule has 1 aromatic heterocycles. The molecule has 0 unspecified atom stereocenters. The number of carbonyl (C=O) groups is 1. The summed E-state index contributed by atoms with van der Waals surface area (Å²) >= 11 is 1.53. The molecule has 2 aromatic rings. The first-order valence-electron chi connectivity index (χ1n) is 5.70. The molecule has 100 valence electrons. The maximum atomic E-state index is 12.9. The predicted octanol–water partition coefficient (Wildman–Crippen LogP) is 3.30. The first-order chi connectivity index (χ1) is 9.04. The fourth-order valence-electron chi connectivity index (χ4n) is 1.56. The third-order valence-electron chi connectivity index (χ3n) is 2.48. The second-order valence-electron chi connectivity index (χ2n) is 4.03. The topological polar surface area (TPSA) is 42.0 Å². The van der Waals surface area contributed by atoms with Crippen LogP contribution >= 0.6 is 11.3 Å². The first-order valence-corrected chi connectivity index (χ1v) is 6.58. The molecule has 0 atom stereocenters. The van der Waals surface area contributed by atoms with Crippen molar-refractivity contribution >= 4 is 22.9 Å². The largest absolute Gasteiger partial charge is 0.326 e. The van der Waals surface area contributed by atoms with Gasteiger partial charge < -0.3 is 5.32 Å². The third kappa shape index (κ3) is 3.82. The summed E-state index contributed by atoms with van der Waals surface area (Å²) in [6.07, 6.45) is 0.780. The van der Waals surface area contributed by atoms with Gasteiger partial charge in [0.05, 0.1) is 10.7 Å². The van der Waals surface area contributed by atoms with E-state index in [9.17, 15) is 13.6 Å². The zero-order valence-electron chi connectivity index (χ0n) is 10.2. The Hall–Kier alpha value is -1.82. The molecule has 1 N–H and O–H groups in total. The van der Waals surface area contributed by atoms with Crippen molar-refractivity contribution in [3.05, 3.63) is 45.9 Å². The van der Waals surface area contributed by atoms with Crippen molar-refractivity contribution in [3.63, 3.8) is 0 Å². The lowest BCUT2D eigenvalue weighted by atomic mass is 10.2. The summed E-state index contributed by atoms with van der Waals surface area (Å²) in [4.78, 5) is 15.9. The van der Waals surface area contributed by atoms with E-state index in [0.29, 0.717) is 6.42 Å². The fraction of sp³-hybridized carbons (Fsp3) is 0.231. The molecule has 0 saturated carbocycles. The Balaban J connectivity index is 1.88. The number of nitrogens with one attached hydrogen (secondary N) is 1. The van der Waals surface area contributed by atoms with Gasteiger partial charge in [-0.05, 0) is 25.5 Å². The van der Waals surface area contributed by atoms with Crippen LogP contribution in [0.5, 0.6) is 0 Å². The van der Waals surface area contributed by atoms with E-state index in [1.54, 1.807) is 0 Å². The van der Waals surface area contributed by atoms with Gasteiger partial charge >= 0.3 is 0 Å². The van der Waals surface area contributed by atoms with Gasteiger partial charge in [-0.25, -0.2) is 13.8 Å². The fourth-order valence-corrected chi connectivity index (χ4v) is 2.21. The van der Waals surface area contributed by atoms with Gasteiger partial charge in [-0.15, -0.1) is 11.3 Å². The molecule has 0 saturated heterocycles. The Kier molecular flexibility index (Phi) is 4.21. The number of thiazole rings is 1. The van der Waals surface area contributed by atoms with Gasteiger partial charge in [0, 0.05) is 23.6 Å². The van der Waals surface area contributed by atoms with Crippen LogP contribution in [0, 0.1) is 18.6 Å². The maximum Gasteiger partial charge on any atom is 0.224 e. The highest BCUT2D eigenvalue weighted by Crippen LogP contribution is 2.14. The summed E-state index contributed by atoms with van der Waals surface area (Å²) in [7, 11) is 0. The minimum atomic E-state index is -0.979. The zero-order valence-corrected chi connectivity index (χ0v) is 11.1. The molecule has 0 fully saturated rings. The molecule has 0 aliphatic heterocycles. The quantitative estimate of drug-likeness (QED) is 0.935. The molecule has 1 heterocycles. The van der Waals surface area contributed by atoms with Crippen LogP contribution < -0.4 is 5.32 Å². The second kappa shape index (κ2) is 5.88. The van der Waals surface area contributed by atoms with E-state index in [2.05, 4.69) is 10.3 Å². The average Bonchev–Trinajstić information content (AvgIpc) is 2.77. The monoisotopic (exact) mass is 282 g/mol. The minimum absolute atomic E-state index is 0.248. The molecule has 0 radical (unpaired) electrons. The van der Waals surface area contributed by atoms with E-state index in [1.165, 1.54) is 17.4 Å². The van der Waals surface area contributed by atoms with E-state index >= 15 is 0 Å². The second-order valence-corrected chi connectivity index (χ2v) is 5.10. The lowest BCUT2D eigenvalue weighted by Gasteiger charge is -2.04. The van der Waals surface area contributed by atoms with E-state index in [-0.39, 0.29) is 18.0 Å². The van der Waals surface area contributed by atoms with Crippen LogP contribution in [0.4, 0.5) is 14.5 Å². The van der Waals surface area contributed by atoms with Crippen molar-refractivity contribution in [1.82, 2.24) is 4.98 Å². The molecule has 1 aromatic carbocycles. The molecule has 0 bridgehead atoms. The molecular weight excluding hydrogens is 270 g/mol. The highest BCUT2D eigenvalue weighted by Gasteiger charge is 2.07. The molecule has 6 heteroatoms. The van der Waals surface area contributed by atoms with Gasteiger partial charge in [-0.1, -0.05) is 0 Å². The van der Waals surface area contributed by atoms with Gasteiger partial charge in [0.1, 0.15) is 0 Å². The molecule has 19 heavy (non-hydrogen) atoms. The van der Waals surface area contributed by atoms with Crippen LogP contribution in [-0.4, -0.2) is 10.9 Å². The molecule has 0 spiro atoms. The van der Waals surface area contributed by atoms with E-state index < -0.39 is 11.6 Å². The number of aryl methyl sites for hydroxylation is 2. The standard InChI is InChI=1S/C13H12F2N2OS/c1-8-16-10(7-19-8)3-5-13(18)17-9-2-4-11(14)12(15)6-9/h2,4,6-7H,3,5H2,1H3,(H,17,18). The Labute approximate surface area is 113 Å². The number of hydrogen-bond donors (Lipinski definition) is 1. The first kappa shape index (κ1) is 13.6. The number of rotatable bonds is 4. The molecule has 0 aliphatic rings. The smallest absolute Gasteiger partial charge is 0.224 e. The highest BCUT2D eigenvalue weighted by molar-refractivity contribution is 7.09. The zero-order chi connectivity index (χ0) is 13.8. The van der Waals surface area contributed by atoms with Gasteiger partial charge in [-0.3, -0.25) is 4.79 Å². The maximum absolute atomic E-state index is 12.9. The summed E-state index contributed by atoms with van der Waals surface area (Å²) in [5.74, 6) is -2.17. The normalized spacial score (nSPS) is 10.5. The SMILES string of the molecule is Cc1nc(CCC(=O)Nc2ccc(F)c(F)c2)cs1. The lowest BCUT2D eigenvalue weighted by molar-refractivity contribution is -0.116. The predicted molar refractivity (Wildman–Crippen MR) is 70.2 cm³/mol. The van der Waals surface area contributed by atoms with Crippen molar-refractivity contribution in [2.45, 2.75) is 19.8 Å². The van der Waals surface area contributed by atoms with E-state index in [0.717, 1.165) is 22.8 Å². The van der Waals surface area contributed by atoms with Crippen molar-refractivity contribution in [2.75, 3.05) is 5.32 Å². The van der Waals surface area contributed by atoms with Crippen LogP contribution in [0.2, 0.25) is 0 Å². The number of hydrogen-bond acceptors (Lipinski definition) is 3. The number of benzene rings is 1. The Morgan fingerprint density at radius 1 is 1.37 bits per heavy atom. The number of nitrogens with zero attached hydrogens (tertiary/aromatic N) is 1. The van der Waals surface area contributed by atoms with E-state index in [1.807, 2.05) is 12.3 Å². The van der Waals surface area contributed by atoms with Gasteiger partial charge in [0.2, 0.25) is 5.91 Å². The molecule has 2 rings (SSSR count). The van der Waals surface area contributed by atoms with Crippen molar-refractivity contribution < 1.29 is 13.6 Å². The Bertz CT molecular complexity index is 598. The van der Waals surface area contributed by atoms with Gasteiger partial charge in [0.25, 0.3) is 0 Å². The third-order valence-corrected chi connectivity index (χ3v) is 3.30. The molecule has 3 nitrogen and oxygen atoms in total. The molecule has 0 aliphatic carbocycles. The summed E-state index contributed by atoms with van der Waals surface area (Å²) < 4.78 is 25.7. The number of amides is 1. The Morgan fingerprint density at radius 2 is 2.16 bits per heavy atom.